The van der Waals surface area contributed by atoms with Gasteiger partial charge in [-0.15, -0.1) is 0 Å². The standard InChI is InChI=1S/C19H19FN2O4/c1-2-25-16-9-5-3-7-14(16)11-12-18(23)21-22-19(24)13-26-17-10-6-4-8-15(17)20/h3-12H,2,13H2,1H3,(H,21,23)(H,22,24)/b12-11+. The Kier molecular flexibility index (Phi) is 7.17. The largest absolute Gasteiger partial charge is 0.493 e. The molecule has 0 aliphatic carbocycles. The van der Waals surface area contributed by atoms with Gasteiger partial charge < -0.3 is 9.47 Å². The highest BCUT2D eigenvalue weighted by Crippen LogP contribution is 2.19. The molecule has 0 aliphatic heterocycles. The van der Waals surface area contributed by atoms with E-state index in [9.17, 15) is 14.0 Å². The number of nitrogens with one attached hydrogen (secondary N) is 2. The molecule has 136 valence electrons. The Bertz CT molecular complexity index is 793. The maximum atomic E-state index is 13.4. The number of rotatable bonds is 7. The Morgan fingerprint density at radius 1 is 1.00 bits per heavy atom. The number of para-hydroxylation sites is 2. The number of hydrazine groups is 1. The van der Waals surface area contributed by atoms with Gasteiger partial charge in [0, 0.05) is 11.6 Å². The molecule has 7 heteroatoms. The summed E-state index contributed by atoms with van der Waals surface area (Å²) in [5.41, 5.74) is 5.13. The van der Waals surface area contributed by atoms with Crippen molar-refractivity contribution in [1.82, 2.24) is 10.9 Å². The first kappa shape index (κ1) is 19.0. The Labute approximate surface area is 150 Å². The molecule has 0 heterocycles. The smallest absolute Gasteiger partial charge is 0.276 e. The summed E-state index contributed by atoms with van der Waals surface area (Å²) in [6.07, 6.45) is 2.83. The Balaban J connectivity index is 1.79. The highest BCUT2D eigenvalue weighted by atomic mass is 19.1. The number of amides is 2. The predicted molar refractivity (Wildman–Crippen MR) is 94.8 cm³/mol. The van der Waals surface area contributed by atoms with Crippen LogP contribution in [0.5, 0.6) is 11.5 Å². The van der Waals surface area contributed by atoms with E-state index in [1.807, 2.05) is 19.1 Å². The van der Waals surface area contributed by atoms with Gasteiger partial charge in [-0.3, -0.25) is 20.4 Å². The number of hydrogen-bond donors (Lipinski definition) is 2. The number of benzene rings is 2. The average molecular weight is 358 g/mol. The lowest BCUT2D eigenvalue weighted by Crippen LogP contribution is -2.43. The minimum absolute atomic E-state index is 0.0404. The van der Waals surface area contributed by atoms with Gasteiger partial charge in [0.2, 0.25) is 0 Å². The van der Waals surface area contributed by atoms with Gasteiger partial charge in [0.1, 0.15) is 5.75 Å². The summed E-state index contributed by atoms with van der Waals surface area (Å²) in [5, 5.41) is 0. The predicted octanol–water partition coefficient (Wildman–Crippen LogP) is 2.46. The minimum Gasteiger partial charge on any atom is -0.493 e. The van der Waals surface area contributed by atoms with Crippen LogP contribution < -0.4 is 20.3 Å². The number of hydrogen-bond acceptors (Lipinski definition) is 4. The van der Waals surface area contributed by atoms with Crippen molar-refractivity contribution in [3.05, 3.63) is 66.0 Å². The molecule has 0 spiro atoms. The molecule has 0 unspecified atom stereocenters. The van der Waals surface area contributed by atoms with Crippen LogP contribution in [0.15, 0.2) is 54.6 Å². The van der Waals surface area contributed by atoms with Crippen molar-refractivity contribution in [1.29, 1.82) is 0 Å². The third kappa shape index (κ3) is 5.94. The van der Waals surface area contributed by atoms with E-state index in [1.54, 1.807) is 24.3 Å². The molecule has 0 saturated heterocycles. The third-order valence-corrected chi connectivity index (χ3v) is 3.15. The lowest BCUT2D eigenvalue weighted by atomic mass is 10.2. The van der Waals surface area contributed by atoms with E-state index in [0.29, 0.717) is 12.4 Å². The fourth-order valence-electron chi connectivity index (χ4n) is 1.98. The van der Waals surface area contributed by atoms with E-state index in [-0.39, 0.29) is 5.75 Å². The molecule has 0 atom stereocenters. The van der Waals surface area contributed by atoms with Gasteiger partial charge in [-0.05, 0) is 31.2 Å². The van der Waals surface area contributed by atoms with E-state index in [1.165, 1.54) is 24.3 Å². The quantitative estimate of drug-likeness (QED) is 0.589. The number of ether oxygens (including phenoxy) is 2. The van der Waals surface area contributed by atoms with Gasteiger partial charge in [-0.25, -0.2) is 4.39 Å². The van der Waals surface area contributed by atoms with Crippen molar-refractivity contribution in [3.63, 3.8) is 0 Å². The first-order valence-corrected chi connectivity index (χ1v) is 7.96. The van der Waals surface area contributed by atoms with Gasteiger partial charge in [0.05, 0.1) is 6.61 Å². The lowest BCUT2D eigenvalue weighted by Gasteiger charge is -2.08. The Morgan fingerprint density at radius 3 is 2.42 bits per heavy atom. The topological polar surface area (TPSA) is 76.7 Å². The molecule has 2 aromatic rings. The van der Waals surface area contributed by atoms with E-state index in [0.717, 1.165) is 5.56 Å². The SMILES string of the molecule is CCOc1ccccc1/C=C/C(=O)NNC(=O)COc1ccccc1F. The van der Waals surface area contributed by atoms with Crippen LogP contribution in [0.1, 0.15) is 12.5 Å². The van der Waals surface area contributed by atoms with Crippen LogP contribution >= 0.6 is 0 Å². The van der Waals surface area contributed by atoms with Gasteiger partial charge in [0.25, 0.3) is 11.8 Å². The van der Waals surface area contributed by atoms with Gasteiger partial charge in [0.15, 0.2) is 18.2 Å². The summed E-state index contributed by atoms with van der Waals surface area (Å²) in [6.45, 7) is 1.94. The van der Waals surface area contributed by atoms with Crippen molar-refractivity contribution in [2.75, 3.05) is 13.2 Å². The molecule has 2 amide bonds. The zero-order valence-electron chi connectivity index (χ0n) is 14.2. The molecular weight excluding hydrogens is 339 g/mol. The van der Waals surface area contributed by atoms with Crippen LogP contribution in [0.3, 0.4) is 0 Å². The van der Waals surface area contributed by atoms with Crippen LogP contribution in [-0.2, 0) is 9.59 Å². The number of carbonyl (C=O) groups is 2. The van der Waals surface area contributed by atoms with Crippen LogP contribution in [-0.4, -0.2) is 25.0 Å². The highest BCUT2D eigenvalue weighted by Gasteiger charge is 2.07. The first-order valence-electron chi connectivity index (χ1n) is 7.96. The van der Waals surface area contributed by atoms with Crippen LogP contribution in [0.2, 0.25) is 0 Å². The minimum atomic E-state index is -0.621. The molecule has 0 bridgehead atoms. The van der Waals surface area contributed by atoms with E-state index in [2.05, 4.69) is 10.9 Å². The van der Waals surface area contributed by atoms with Crippen LogP contribution in [0.25, 0.3) is 6.08 Å². The second kappa shape index (κ2) is 9.83. The third-order valence-electron chi connectivity index (χ3n) is 3.15. The molecule has 2 rings (SSSR count). The van der Waals surface area contributed by atoms with Crippen molar-refractivity contribution in [2.24, 2.45) is 0 Å². The van der Waals surface area contributed by atoms with Gasteiger partial charge in [-0.1, -0.05) is 30.3 Å². The van der Waals surface area contributed by atoms with E-state index >= 15 is 0 Å². The van der Waals surface area contributed by atoms with Crippen molar-refractivity contribution in [3.8, 4) is 11.5 Å². The lowest BCUT2D eigenvalue weighted by molar-refractivity contribution is -0.128. The normalized spacial score (nSPS) is 10.4. The summed E-state index contributed by atoms with van der Waals surface area (Å²) in [4.78, 5) is 23.4. The zero-order chi connectivity index (χ0) is 18.8. The zero-order valence-corrected chi connectivity index (χ0v) is 14.2. The molecule has 0 fully saturated rings. The summed E-state index contributed by atoms with van der Waals surface area (Å²) < 4.78 is 23.8. The summed E-state index contributed by atoms with van der Waals surface area (Å²) >= 11 is 0. The second-order valence-corrected chi connectivity index (χ2v) is 5.06. The van der Waals surface area contributed by atoms with Crippen LogP contribution in [0, 0.1) is 5.82 Å². The fraction of sp³-hybridized carbons (Fsp3) is 0.158. The van der Waals surface area contributed by atoms with E-state index < -0.39 is 24.2 Å². The second-order valence-electron chi connectivity index (χ2n) is 5.06. The molecule has 26 heavy (non-hydrogen) atoms. The molecule has 6 nitrogen and oxygen atoms in total. The molecule has 2 aromatic carbocycles. The number of carbonyl (C=O) groups excluding carboxylic acids is 2. The molecule has 0 aliphatic rings. The Morgan fingerprint density at radius 2 is 1.69 bits per heavy atom. The summed E-state index contributed by atoms with van der Waals surface area (Å²) in [7, 11) is 0. The van der Waals surface area contributed by atoms with Gasteiger partial charge >= 0.3 is 0 Å². The van der Waals surface area contributed by atoms with E-state index in [4.69, 9.17) is 9.47 Å². The number of halogens is 1. The Hall–Kier alpha value is -3.35. The van der Waals surface area contributed by atoms with Crippen molar-refractivity contribution in [2.45, 2.75) is 6.92 Å². The molecule has 0 saturated carbocycles. The van der Waals surface area contributed by atoms with Gasteiger partial charge in [-0.2, -0.15) is 0 Å². The highest BCUT2D eigenvalue weighted by molar-refractivity contribution is 5.93. The maximum absolute atomic E-state index is 13.4. The molecular formula is C19H19FN2O4. The first-order chi connectivity index (χ1) is 12.6. The maximum Gasteiger partial charge on any atom is 0.276 e. The molecule has 0 radical (unpaired) electrons. The average Bonchev–Trinajstić information content (AvgIpc) is 2.65. The summed E-state index contributed by atoms with van der Waals surface area (Å²) in [5.74, 6) is -1.11. The summed E-state index contributed by atoms with van der Waals surface area (Å²) in [6, 6.07) is 13.0. The van der Waals surface area contributed by atoms with Crippen LogP contribution in [0.4, 0.5) is 4.39 Å². The van der Waals surface area contributed by atoms with Crippen molar-refractivity contribution < 1.29 is 23.5 Å². The van der Waals surface area contributed by atoms with Crippen molar-refractivity contribution >= 4 is 17.9 Å². The monoisotopic (exact) mass is 358 g/mol. The molecule has 2 N–H and O–H groups in total. The molecule has 0 aromatic heterocycles. The fourth-order valence-corrected chi connectivity index (χ4v) is 1.98.